The van der Waals surface area contributed by atoms with E-state index in [-0.39, 0.29) is 17.6 Å². The molecule has 1 aromatic heterocycles. The van der Waals surface area contributed by atoms with Gasteiger partial charge in [-0.15, -0.1) is 0 Å². The van der Waals surface area contributed by atoms with Crippen LogP contribution in [-0.2, 0) is 22.5 Å². The van der Waals surface area contributed by atoms with E-state index >= 15 is 0 Å². The number of ether oxygens (including phenoxy) is 1. The summed E-state index contributed by atoms with van der Waals surface area (Å²) in [4.78, 5) is 15.9. The molecule has 0 aliphatic rings. The minimum absolute atomic E-state index is 0.0179. The molecule has 150 valence electrons. The van der Waals surface area contributed by atoms with Gasteiger partial charge < -0.3 is 14.3 Å². The molecule has 0 saturated carbocycles. The van der Waals surface area contributed by atoms with Crippen molar-refractivity contribution in [3.63, 3.8) is 0 Å². The third-order valence-corrected chi connectivity index (χ3v) is 11.3. The number of imidazole rings is 1. The maximum Gasteiger partial charge on any atom is 0.372 e. The molecule has 0 atom stereocenters. The maximum atomic E-state index is 11.6. The molecule has 0 saturated heterocycles. The highest BCUT2D eigenvalue weighted by Gasteiger charge is 2.37. The second-order valence-corrected chi connectivity index (χ2v) is 20.0. The first-order valence-electron chi connectivity index (χ1n) is 9.17. The standard InChI is InChI=1S/C18H36N2O4Si2/c1-14-15(12-24-26(8,9)18(2,3)4)19-16(17(21)22)20(14)13-23-10-11-25(5,6)7/h10-13H2,1-9H3,(H,21,22). The molecule has 0 amide bonds. The van der Waals surface area contributed by atoms with E-state index in [1.54, 1.807) is 4.57 Å². The summed E-state index contributed by atoms with van der Waals surface area (Å²) in [5, 5.41) is 9.58. The number of carboxylic acids is 1. The van der Waals surface area contributed by atoms with Crippen molar-refractivity contribution in [2.45, 2.75) is 84.9 Å². The predicted molar refractivity (Wildman–Crippen MR) is 110 cm³/mol. The number of aromatic carboxylic acids is 1. The number of rotatable bonds is 9. The molecule has 1 heterocycles. The second-order valence-electron chi connectivity index (χ2n) is 9.60. The summed E-state index contributed by atoms with van der Waals surface area (Å²) >= 11 is 0. The van der Waals surface area contributed by atoms with E-state index in [4.69, 9.17) is 9.16 Å². The van der Waals surface area contributed by atoms with E-state index in [0.29, 0.717) is 18.9 Å². The van der Waals surface area contributed by atoms with E-state index in [9.17, 15) is 9.90 Å². The van der Waals surface area contributed by atoms with Crippen LogP contribution in [0.15, 0.2) is 0 Å². The lowest BCUT2D eigenvalue weighted by molar-refractivity contribution is 0.0609. The minimum atomic E-state index is -1.92. The highest BCUT2D eigenvalue weighted by molar-refractivity contribution is 6.76. The molecule has 1 aromatic rings. The fraction of sp³-hybridized carbons (Fsp3) is 0.778. The number of hydrogen-bond donors (Lipinski definition) is 1. The number of carbonyl (C=O) groups is 1. The van der Waals surface area contributed by atoms with Crippen molar-refractivity contribution in [1.29, 1.82) is 0 Å². The van der Waals surface area contributed by atoms with Crippen LogP contribution in [0.2, 0.25) is 43.8 Å². The Morgan fingerprint density at radius 1 is 1.19 bits per heavy atom. The quantitative estimate of drug-likeness (QED) is 0.479. The van der Waals surface area contributed by atoms with Crippen LogP contribution in [0.1, 0.15) is 42.8 Å². The molecule has 0 aliphatic carbocycles. The van der Waals surface area contributed by atoms with Crippen LogP contribution in [0.3, 0.4) is 0 Å². The first kappa shape index (κ1) is 23.1. The van der Waals surface area contributed by atoms with E-state index in [1.807, 2.05) is 6.92 Å². The molecule has 0 unspecified atom stereocenters. The lowest BCUT2D eigenvalue weighted by Gasteiger charge is -2.36. The van der Waals surface area contributed by atoms with E-state index in [0.717, 1.165) is 11.7 Å². The summed E-state index contributed by atoms with van der Waals surface area (Å²) in [7, 11) is -3.09. The third-order valence-electron chi connectivity index (χ3n) is 5.10. The van der Waals surface area contributed by atoms with Crippen LogP contribution in [-0.4, -0.2) is 43.6 Å². The summed E-state index contributed by atoms with van der Waals surface area (Å²) in [6, 6.07) is 1.05. The van der Waals surface area contributed by atoms with E-state index in [2.05, 4.69) is 58.5 Å². The average Bonchev–Trinajstić information content (AvgIpc) is 2.76. The molecular formula is C18H36N2O4Si2. The summed E-state index contributed by atoms with van der Waals surface area (Å²) in [5.74, 6) is -1.02. The SMILES string of the molecule is Cc1c(CO[Si](C)(C)C(C)(C)C)nc(C(=O)O)n1COCC[Si](C)(C)C. The van der Waals surface area contributed by atoms with Gasteiger partial charge in [0.1, 0.15) is 6.73 Å². The van der Waals surface area contributed by atoms with E-state index < -0.39 is 22.4 Å². The topological polar surface area (TPSA) is 73.6 Å². The molecular weight excluding hydrogens is 364 g/mol. The van der Waals surface area contributed by atoms with Gasteiger partial charge in [-0.05, 0) is 31.1 Å². The van der Waals surface area contributed by atoms with Crippen LogP contribution in [0.4, 0.5) is 0 Å². The second kappa shape index (κ2) is 8.37. The highest BCUT2D eigenvalue weighted by Crippen LogP contribution is 2.37. The van der Waals surface area contributed by atoms with Crippen molar-refractivity contribution in [1.82, 2.24) is 9.55 Å². The third kappa shape index (κ3) is 6.33. The predicted octanol–water partition coefficient (Wildman–Crippen LogP) is 4.72. The van der Waals surface area contributed by atoms with Crippen LogP contribution < -0.4 is 0 Å². The molecule has 0 radical (unpaired) electrons. The molecule has 0 spiro atoms. The number of nitrogens with zero attached hydrogens (tertiary/aromatic N) is 2. The molecule has 0 aliphatic heterocycles. The Labute approximate surface area is 160 Å². The lowest BCUT2D eigenvalue weighted by Crippen LogP contribution is -2.40. The number of aromatic nitrogens is 2. The molecule has 0 fully saturated rings. The van der Waals surface area contributed by atoms with Gasteiger partial charge >= 0.3 is 5.97 Å². The minimum Gasteiger partial charge on any atom is -0.475 e. The summed E-state index contributed by atoms with van der Waals surface area (Å²) in [6.07, 6.45) is 0. The van der Waals surface area contributed by atoms with E-state index in [1.165, 1.54) is 0 Å². The van der Waals surface area contributed by atoms with Crippen LogP contribution in [0.5, 0.6) is 0 Å². The summed E-state index contributed by atoms with van der Waals surface area (Å²) < 4.78 is 13.6. The lowest BCUT2D eigenvalue weighted by atomic mass is 10.2. The number of carboxylic acid groups (broad SMARTS) is 1. The van der Waals surface area contributed by atoms with Crippen molar-refractivity contribution in [3.8, 4) is 0 Å². The first-order chi connectivity index (χ1) is 11.7. The van der Waals surface area contributed by atoms with Gasteiger partial charge in [-0.3, -0.25) is 4.57 Å². The van der Waals surface area contributed by atoms with Crippen LogP contribution in [0.25, 0.3) is 0 Å². The summed E-state index contributed by atoms with van der Waals surface area (Å²) in [5.41, 5.74) is 1.48. The normalized spacial score (nSPS) is 13.3. The molecule has 1 rings (SSSR count). The van der Waals surface area contributed by atoms with Gasteiger partial charge in [0.2, 0.25) is 5.82 Å². The maximum absolute atomic E-state index is 11.6. The Balaban J connectivity index is 2.88. The monoisotopic (exact) mass is 400 g/mol. The molecule has 26 heavy (non-hydrogen) atoms. The largest absolute Gasteiger partial charge is 0.475 e. The Kier molecular flexibility index (Phi) is 7.43. The van der Waals surface area contributed by atoms with Gasteiger partial charge in [0, 0.05) is 20.4 Å². The number of hydrogen-bond acceptors (Lipinski definition) is 4. The van der Waals surface area contributed by atoms with Gasteiger partial charge in [-0.25, -0.2) is 9.78 Å². The van der Waals surface area contributed by atoms with Gasteiger partial charge in [-0.1, -0.05) is 40.4 Å². The Bertz CT molecular complexity index is 628. The van der Waals surface area contributed by atoms with Crippen molar-refractivity contribution < 1.29 is 19.1 Å². The van der Waals surface area contributed by atoms with Gasteiger partial charge in [0.15, 0.2) is 8.32 Å². The van der Waals surface area contributed by atoms with Crippen molar-refractivity contribution in [2.75, 3.05) is 6.61 Å². The Morgan fingerprint density at radius 3 is 2.23 bits per heavy atom. The van der Waals surface area contributed by atoms with Crippen molar-refractivity contribution in [2.24, 2.45) is 0 Å². The van der Waals surface area contributed by atoms with Gasteiger partial charge in [0.05, 0.1) is 12.3 Å². The Morgan fingerprint density at radius 2 is 1.77 bits per heavy atom. The fourth-order valence-electron chi connectivity index (χ4n) is 2.04. The van der Waals surface area contributed by atoms with Gasteiger partial charge in [-0.2, -0.15) is 0 Å². The van der Waals surface area contributed by atoms with Crippen LogP contribution >= 0.6 is 0 Å². The Hall–Kier alpha value is -0.966. The zero-order valence-corrected chi connectivity index (χ0v) is 19.9. The zero-order valence-electron chi connectivity index (χ0n) is 17.9. The van der Waals surface area contributed by atoms with Crippen molar-refractivity contribution in [3.05, 3.63) is 17.2 Å². The molecule has 1 N–H and O–H groups in total. The molecule has 6 nitrogen and oxygen atoms in total. The molecule has 8 heteroatoms. The molecule has 0 aromatic carbocycles. The zero-order chi connectivity index (χ0) is 20.3. The average molecular weight is 401 g/mol. The smallest absolute Gasteiger partial charge is 0.372 e. The van der Waals surface area contributed by atoms with Gasteiger partial charge in [0.25, 0.3) is 0 Å². The van der Waals surface area contributed by atoms with Crippen molar-refractivity contribution >= 4 is 22.4 Å². The highest BCUT2D eigenvalue weighted by atomic mass is 28.4. The fourth-order valence-corrected chi connectivity index (χ4v) is 3.73. The first-order valence-corrected chi connectivity index (χ1v) is 15.8. The summed E-state index contributed by atoms with van der Waals surface area (Å²) in [6.45, 7) is 20.8. The molecule has 0 bridgehead atoms. The van der Waals surface area contributed by atoms with Crippen LogP contribution in [0, 0.1) is 6.92 Å².